The first kappa shape index (κ1) is 16.6. The van der Waals surface area contributed by atoms with Crippen LogP contribution in [-0.2, 0) is 6.42 Å². The van der Waals surface area contributed by atoms with Gasteiger partial charge in [-0.25, -0.2) is 0 Å². The van der Waals surface area contributed by atoms with E-state index in [-0.39, 0.29) is 6.04 Å². The Morgan fingerprint density at radius 2 is 2.10 bits per heavy atom. The summed E-state index contributed by atoms with van der Waals surface area (Å²) in [5.74, 6) is 0.935. The third-order valence-electron chi connectivity index (χ3n) is 4.10. The molecule has 0 spiro atoms. The zero-order valence-corrected chi connectivity index (χ0v) is 13.7. The van der Waals surface area contributed by atoms with Crippen molar-refractivity contribution in [3.8, 4) is 5.75 Å². The summed E-state index contributed by atoms with van der Waals surface area (Å²) in [5, 5.41) is 0.748. The van der Waals surface area contributed by atoms with E-state index in [1.54, 1.807) is 0 Å². The van der Waals surface area contributed by atoms with Crippen molar-refractivity contribution in [3.63, 3.8) is 0 Å². The fourth-order valence-corrected chi connectivity index (χ4v) is 2.95. The highest BCUT2D eigenvalue weighted by Gasteiger charge is 2.12. The van der Waals surface area contributed by atoms with Crippen molar-refractivity contribution in [2.45, 2.75) is 45.1 Å². The Bertz CT molecular complexity index is 433. The number of ether oxygens (including phenoxy) is 1. The molecule has 1 aromatic rings. The molecule has 2 rings (SSSR count). The van der Waals surface area contributed by atoms with E-state index in [4.69, 9.17) is 22.1 Å². The molecular weight excluding hydrogens is 284 g/mol. The SMILES string of the molecule is CCC(N)Cc1cc(Cl)ccc1OCCCN1CCCC1. The lowest BCUT2D eigenvalue weighted by molar-refractivity contribution is 0.261. The monoisotopic (exact) mass is 310 g/mol. The van der Waals surface area contributed by atoms with Gasteiger partial charge in [0.25, 0.3) is 0 Å². The highest BCUT2D eigenvalue weighted by Crippen LogP contribution is 2.24. The van der Waals surface area contributed by atoms with E-state index in [1.807, 2.05) is 18.2 Å². The second-order valence-electron chi connectivity index (χ2n) is 5.88. The molecule has 3 nitrogen and oxygen atoms in total. The van der Waals surface area contributed by atoms with E-state index in [0.29, 0.717) is 0 Å². The van der Waals surface area contributed by atoms with Crippen LogP contribution in [-0.4, -0.2) is 37.2 Å². The van der Waals surface area contributed by atoms with Crippen molar-refractivity contribution < 1.29 is 4.74 Å². The summed E-state index contributed by atoms with van der Waals surface area (Å²) in [4.78, 5) is 2.51. The summed E-state index contributed by atoms with van der Waals surface area (Å²) in [6.45, 7) is 6.49. The topological polar surface area (TPSA) is 38.5 Å². The molecule has 21 heavy (non-hydrogen) atoms. The average Bonchev–Trinajstić information content (AvgIpc) is 2.98. The Hall–Kier alpha value is -0.770. The molecule has 0 aliphatic carbocycles. The Kier molecular flexibility index (Phi) is 6.81. The van der Waals surface area contributed by atoms with Gasteiger partial charge in [-0.1, -0.05) is 18.5 Å². The van der Waals surface area contributed by atoms with Crippen LogP contribution < -0.4 is 10.5 Å². The molecule has 1 aliphatic rings. The molecule has 1 aromatic carbocycles. The van der Waals surface area contributed by atoms with Gasteiger partial charge in [0, 0.05) is 17.6 Å². The number of hydrogen-bond acceptors (Lipinski definition) is 3. The van der Waals surface area contributed by atoms with E-state index < -0.39 is 0 Å². The van der Waals surface area contributed by atoms with Crippen molar-refractivity contribution in [3.05, 3.63) is 28.8 Å². The lowest BCUT2D eigenvalue weighted by Gasteiger charge is -2.17. The highest BCUT2D eigenvalue weighted by atomic mass is 35.5. The molecule has 4 heteroatoms. The maximum atomic E-state index is 6.09. The van der Waals surface area contributed by atoms with Gasteiger partial charge in [-0.15, -0.1) is 0 Å². The zero-order valence-electron chi connectivity index (χ0n) is 13.0. The lowest BCUT2D eigenvalue weighted by Crippen LogP contribution is -2.23. The summed E-state index contributed by atoms with van der Waals surface area (Å²) < 4.78 is 5.96. The van der Waals surface area contributed by atoms with E-state index in [2.05, 4.69) is 11.8 Å². The van der Waals surface area contributed by atoms with Crippen LogP contribution in [0.3, 0.4) is 0 Å². The molecule has 0 saturated carbocycles. The van der Waals surface area contributed by atoms with E-state index >= 15 is 0 Å². The predicted octanol–water partition coefficient (Wildman–Crippen LogP) is 3.48. The van der Waals surface area contributed by atoms with E-state index in [1.165, 1.54) is 25.9 Å². The minimum atomic E-state index is 0.162. The number of halogens is 1. The van der Waals surface area contributed by atoms with Gasteiger partial charge >= 0.3 is 0 Å². The van der Waals surface area contributed by atoms with Crippen molar-refractivity contribution in [2.75, 3.05) is 26.2 Å². The summed E-state index contributed by atoms with van der Waals surface area (Å²) in [7, 11) is 0. The van der Waals surface area contributed by atoms with Gasteiger partial charge in [-0.05, 0) is 69.0 Å². The van der Waals surface area contributed by atoms with Gasteiger partial charge in [0.2, 0.25) is 0 Å². The van der Waals surface area contributed by atoms with Crippen LogP contribution in [0.25, 0.3) is 0 Å². The molecule has 1 atom stereocenters. The summed E-state index contributed by atoms with van der Waals surface area (Å²) in [6.07, 6.45) is 5.54. The second-order valence-corrected chi connectivity index (χ2v) is 6.31. The van der Waals surface area contributed by atoms with Crippen molar-refractivity contribution in [2.24, 2.45) is 5.73 Å². The molecule has 2 N–H and O–H groups in total. The Balaban J connectivity index is 1.83. The first-order chi connectivity index (χ1) is 10.2. The number of rotatable bonds is 8. The molecular formula is C17H27ClN2O. The summed E-state index contributed by atoms with van der Waals surface area (Å²) in [5.41, 5.74) is 7.18. The van der Waals surface area contributed by atoms with Crippen LogP contribution in [0.15, 0.2) is 18.2 Å². The highest BCUT2D eigenvalue weighted by molar-refractivity contribution is 6.30. The lowest BCUT2D eigenvalue weighted by atomic mass is 10.0. The normalized spacial score (nSPS) is 17.1. The predicted molar refractivity (Wildman–Crippen MR) is 89.2 cm³/mol. The molecule has 0 amide bonds. The molecule has 1 unspecified atom stereocenters. The van der Waals surface area contributed by atoms with Crippen LogP contribution in [0.2, 0.25) is 5.02 Å². The third kappa shape index (κ3) is 5.50. The largest absolute Gasteiger partial charge is 0.493 e. The molecule has 0 aromatic heterocycles. The van der Waals surface area contributed by atoms with E-state index in [9.17, 15) is 0 Å². The summed E-state index contributed by atoms with van der Waals surface area (Å²) >= 11 is 6.09. The fraction of sp³-hybridized carbons (Fsp3) is 0.647. The van der Waals surface area contributed by atoms with Crippen LogP contribution in [0.4, 0.5) is 0 Å². The number of likely N-dealkylation sites (tertiary alicyclic amines) is 1. The molecule has 1 aliphatic heterocycles. The van der Waals surface area contributed by atoms with Crippen LogP contribution >= 0.6 is 11.6 Å². The summed E-state index contributed by atoms with van der Waals surface area (Å²) in [6, 6.07) is 6.00. The molecule has 1 saturated heterocycles. The molecule has 0 bridgehead atoms. The van der Waals surface area contributed by atoms with Gasteiger partial charge in [-0.2, -0.15) is 0 Å². The number of hydrogen-bond donors (Lipinski definition) is 1. The van der Waals surface area contributed by atoms with Crippen molar-refractivity contribution in [1.29, 1.82) is 0 Å². The van der Waals surface area contributed by atoms with Gasteiger partial charge in [-0.3, -0.25) is 0 Å². The molecule has 0 radical (unpaired) electrons. The number of nitrogens with zero attached hydrogens (tertiary/aromatic N) is 1. The van der Waals surface area contributed by atoms with Crippen molar-refractivity contribution >= 4 is 11.6 Å². The second kappa shape index (κ2) is 8.62. The maximum Gasteiger partial charge on any atom is 0.122 e. The van der Waals surface area contributed by atoms with Gasteiger partial charge < -0.3 is 15.4 Å². The van der Waals surface area contributed by atoms with Crippen LogP contribution in [0.1, 0.15) is 38.2 Å². The average molecular weight is 311 g/mol. The molecule has 1 heterocycles. The first-order valence-corrected chi connectivity index (χ1v) is 8.46. The van der Waals surface area contributed by atoms with E-state index in [0.717, 1.165) is 48.7 Å². The van der Waals surface area contributed by atoms with Crippen LogP contribution in [0.5, 0.6) is 5.75 Å². The van der Waals surface area contributed by atoms with Crippen LogP contribution in [0, 0.1) is 0 Å². The van der Waals surface area contributed by atoms with Gasteiger partial charge in [0.05, 0.1) is 6.61 Å². The molecule has 118 valence electrons. The van der Waals surface area contributed by atoms with Crippen molar-refractivity contribution in [1.82, 2.24) is 4.90 Å². The standard InChI is InChI=1S/C17H27ClN2O/c1-2-16(19)13-14-12-15(18)6-7-17(14)21-11-5-10-20-8-3-4-9-20/h6-7,12,16H,2-5,8-11,13,19H2,1H3. The fourth-order valence-electron chi connectivity index (χ4n) is 2.75. The maximum absolute atomic E-state index is 6.09. The third-order valence-corrected chi connectivity index (χ3v) is 4.34. The Labute approximate surface area is 133 Å². The smallest absolute Gasteiger partial charge is 0.122 e. The number of nitrogens with two attached hydrogens (primary N) is 1. The van der Waals surface area contributed by atoms with Gasteiger partial charge in [0.15, 0.2) is 0 Å². The zero-order chi connectivity index (χ0) is 15.1. The first-order valence-electron chi connectivity index (χ1n) is 8.08. The number of benzene rings is 1. The Morgan fingerprint density at radius 3 is 2.81 bits per heavy atom. The minimum Gasteiger partial charge on any atom is -0.493 e. The minimum absolute atomic E-state index is 0.162. The quantitative estimate of drug-likeness (QED) is 0.747. The Morgan fingerprint density at radius 1 is 1.33 bits per heavy atom. The van der Waals surface area contributed by atoms with Gasteiger partial charge in [0.1, 0.15) is 5.75 Å². The molecule has 1 fully saturated rings.